The first-order valence-corrected chi connectivity index (χ1v) is 6.76. The summed E-state index contributed by atoms with van der Waals surface area (Å²) < 4.78 is 0. The SMILES string of the molecule is O=C(O)C1(Nc2c(Cl)cc([N+](=O)[O-])cc2Cl)CCCC1. The summed E-state index contributed by atoms with van der Waals surface area (Å²) in [6, 6.07) is 2.31. The van der Waals surface area contributed by atoms with Gasteiger partial charge in [-0.1, -0.05) is 36.0 Å². The topological polar surface area (TPSA) is 92.5 Å². The first-order chi connectivity index (χ1) is 9.35. The fourth-order valence-electron chi connectivity index (χ4n) is 2.39. The number of nitrogens with one attached hydrogen (secondary N) is 1. The van der Waals surface area contributed by atoms with E-state index in [4.69, 9.17) is 23.2 Å². The first kappa shape index (κ1) is 14.9. The predicted molar refractivity (Wildman–Crippen MR) is 75.6 cm³/mol. The van der Waals surface area contributed by atoms with Crippen LogP contribution in [0.2, 0.25) is 10.0 Å². The number of anilines is 1. The highest BCUT2D eigenvalue weighted by atomic mass is 35.5. The highest BCUT2D eigenvalue weighted by Gasteiger charge is 2.42. The highest BCUT2D eigenvalue weighted by molar-refractivity contribution is 6.39. The average Bonchev–Trinajstić information content (AvgIpc) is 2.83. The molecule has 0 aromatic heterocycles. The lowest BCUT2D eigenvalue weighted by Crippen LogP contribution is -2.43. The number of aliphatic carboxylic acids is 1. The number of non-ortho nitro benzene ring substituents is 1. The summed E-state index contributed by atoms with van der Waals surface area (Å²) in [6.07, 6.45) is 2.51. The van der Waals surface area contributed by atoms with E-state index in [0.717, 1.165) is 25.0 Å². The summed E-state index contributed by atoms with van der Waals surface area (Å²) in [5, 5.41) is 23.0. The molecule has 0 aliphatic heterocycles. The van der Waals surface area contributed by atoms with Crippen LogP contribution in [0, 0.1) is 10.1 Å². The highest BCUT2D eigenvalue weighted by Crippen LogP contribution is 2.40. The monoisotopic (exact) mass is 318 g/mol. The second-order valence-corrected chi connectivity index (χ2v) is 5.58. The summed E-state index contributed by atoms with van der Waals surface area (Å²) >= 11 is 12.0. The lowest BCUT2D eigenvalue weighted by molar-refractivity contribution is -0.384. The van der Waals surface area contributed by atoms with Crippen LogP contribution in [0.25, 0.3) is 0 Å². The fourth-order valence-corrected chi connectivity index (χ4v) is 2.96. The third kappa shape index (κ3) is 2.66. The molecule has 2 rings (SSSR count). The van der Waals surface area contributed by atoms with Gasteiger partial charge in [0.2, 0.25) is 0 Å². The van der Waals surface area contributed by atoms with Gasteiger partial charge in [0.05, 0.1) is 20.7 Å². The largest absolute Gasteiger partial charge is 0.480 e. The maximum absolute atomic E-state index is 11.5. The van der Waals surface area contributed by atoms with Crippen LogP contribution in [0.4, 0.5) is 11.4 Å². The van der Waals surface area contributed by atoms with Crippen LogP contribution < -0.4 is 5.32 Å². The molecule has 0 spiro atoms. The van der Waals surface area contributed by atoms with Gasteiger partial charge in [0, 0.05) is 12.1 Å². The van der Waals surface area contributed by atoms with E-state index >= 15 is 0 Å². The van der Waals surface area contributed by atoms with Gasteiger partial charge < -0.3 is 10.4 Å². The van der Waals surface area contributed by atoms with E-state index in [-0.39, 0.29) is 21.4 Å². The molecule has 0 unspecified atom stereocenters. The number of nitro groups is 1. The van der Waals surface area contributed by atoms with Crippen molar-refractivity contribution in [1.82, 2.24) is 0 Å². The van der Waals surface area contributed by atoms with E-state index in [2.05, 4.69) is 5.32 Å². The first-order valence-electron chi connectivity index (χ1n) is 6.01. The van der Waals surface area contributed by atoms with Crippen LogP contribution >= 0.6 is 23.2 Å². The van der Waals surface area contributed by atoms with Crippen LogP contribution in [0.3, 0.4) is 0 Å². The summed E-state index contributed by atoms with van der Waals surface area (Å²) in [4.78, 5) is 21.6. The zero-order valence-electron chi connectivity index (χ0n) is 10.4. The molecule has 2 N–H and O–H groups in total. The minimum Gasteiger partial charge on any atom is -0.480 e. The lowest BCUT2D eigenvalue weighted by atomic mass is 9.97. The van der Waals surface area contributed by atoms with E-state index in [9.17, 15) is 20.0 Å². The van der Waals surface area contributed by atoms with Gasteiger partial charge in [-0.25, -0.2) is 4.79 Å². The Hall–Kier alpha value is -1.53. The van der Waals surface area contributed by atoms with Gasteiger partial charge in [0.15, 0.2) is 0 Å². The molecule has 108 valence electrons. The van der Waals surface area contributed by atoms with E-state index in [0.29, 0.717) is 12.8 Å². The van der Waals surface area contributed by atoms with Crippen LogP contribution in [0.1, 0.15) is 25.7 Å². The normalized spacial score (nSPS) is 16.9. The third-order valence-corrected chi connectivity index (χ3v) is 4.06. The number of carbonyl (C=O) groups is 1. The maximum atomic E-state index is 11.5. The van der Waals surface area contributed by atoms with Gasteiger partial charge in [0.25, 0.3) is 5.69 Å². The quantitative estimate of drug-likeness (QED) is 0.652. The molecule has 0 atom stereocenters. The second kappa shape index (κ2) is 5.46. The van der Waals surface area contributed by atoms with Gasteiger partial charge in [0.1, 0.15) is 5.54 Å². The molecule has 0 bridgehead atoms. The molecule has 8 heteroatoms. The number of hydrogen-bond donors (Lipinski definition) is 2. The van der Waals surface area contributed by atoms with Crippen molar-refractivity contribution in [3.8, 4) is 0 Å². The molecule has 1 aromatic rings. The smallest absolute Gasteiger partial charge is 0.329 e. The summed E-state index contributed by atoms with van der Waals surface area (Å²) in [6.45, 7) is 0. The summed E-state index contributed by atoms with van der Waals surface area (Å²) in [7, 11) is 0. The Balaban J connectivity index is 2.38. The second-order valence-electron chi connectivity index (χ2n) is 4.76. The molecule has 1 aliphatic carbocycles. The van der Waals surface area contributed by atoms with Crippen molar-refractivity contribution in [2.45, 2.75) is 31.2 Å². The maximum Gasteiger partial charge on any atom is 0.329 e. The van der Waals surface area contributed by atoms with Crippen molar-refractivity contribution in [2.24, 2.45) is 0 Å². The average molecular weight is 319 g/mol. The van der Waals surface area contributed by atoms with Crippen LogP contribution in [-0.2, 0) is 4.79 Å². The Morgan fingerprint density at radius 2 is 1.80 bits per heavy atom. The van der Waals surface area contributed by atoms with E-state index in [1.54, 1.807) is 0 Å². The van der Waals surface area contributed by atoms with Crippen LogP contribution in [0.15, 0.2) is 12.1 Å². The van der Waals surface area contributed by atoms with Crippen molar-refractivity contribution >= 4 is 40.5 Å². The van der Waals surface area contributed by atoms with E-state index < -0.39 is 16.4 Å². The van der Waals surface area contributed by atoms with E-state index in [1.807, 2.05) is 0 Å². The number of hydrogen-bond acceptors (Lipinski definition) is 4. The molecule has 6 nitrogen and oxygen atoms in total. The summed E-state index contributed by atoms with van der Waals surface area (Å²) in [5.74, 6) is -0.972. The molecule has 1 saturated carbocycles. The Kier molecular flexibility index (Phi) is 4.06. The van der Waals surface area contributed by atoms with Crippen LogP contribution in [-0.4, -0.2) is 21.5 Å². The van der Waals surface area contributed by atoms with Gasteiger partial charge in [-0.2, -0.15) is 0 Å². The number of nitrogens with zero attached hydrogens (tertiary/aromatic N) is 1. The van der Waals surface area contributed by atoms with Crippen molar-refractivity contribution in [2.75, 3.05) is 5.32 Å². The number of carboxylic acids is 1. The number of benzene rings is 1. The molecular formula is C12H12Cl2N2O4. The molecule has 1 aliphatic rings. The van der Waals surface area contributed by atoms with Gasteiger partial charge in [-0.15, -0.1) is 0 Å². The fraction of sp³-hybridized carbons (Fsp3) is 0.417. The Labute approximate surface area is 124 Å². The minimum absolute atomic E-state index is 0.0386. The van der Waals surface area contributed by atoms with Crippen LogP contribution in [0.5, 0.6) is 0 Å². The number of nitro benzene ring substituents is 1. The number of halogens is 2. The number of carboxylic acid groups (broad SMARTS) is 1. The van der Waals surface area contributed by atoms with Gasteiger partial charge in [-0.05, 0) is 12.8 Å². The Bertz CT molecular complexity index is 548. The van der Waals surface area contributed by atoms with Crippen molar-refractivity contribution < 1.29 is 14.8 Å². The van der Waals surface area contributed by atoms with E-state index in [1.165, 1.54) is 0 Å². The van der Waals surface area contributed by atoms with Crippen molar-refractivity contribution in [1.29, 1.82) is 0 Å². The minimum atomic E-state index is -1.11. The molecule has 0 saturated heterocycles. The zero-order valence-corrected chi connectivity index (χ0v) is 11.9. The molecule has 0 heterocycles. The molecule has 1 fully saturated rings. The predicted octanol–water partition coefficient (Wildman–Crippen LogP) is 3.71. The van der Waals surface area contributed by atoms with Gasteiger partial charge >= 0.3 is 5.97 Å². The lowest BCUT2D eigenvalue weighted by Gasteiger charge is -2.27. The standard InChI is InChI=1S/C12H12Cl2N2O4/c13-8-5-7(16(19)20)6-9(14)10(8)15-12(11(17)18)3-1-2-4-12/h5-6,15H,1-4H2,(H,17,18). The molecule has 20 heavy (non-hydrogen) atoms. The van der Waals surface area contributed by atoms with Crippen molar-refractivity contribution in [3.63, 3.8) is 0 Å². The molecular weight excluding hydrogens is 307 g/mol. The van der Waals surface area contributed by atoms with Crippen molar-refractivity contribution in [3.05, 3.63) is 32.3 Å². The zero-order chi connectivity index (χ0) is 14.9. The Morgan fingerprint density at radius 3 is 2.20 bits per heavy atom. The summed E-state index contributed by atoms with van der Waals surface area (Å²) in [5.41, 5.74) is -1.12. The van der Waals surface area contributed by atoms with Gasteiger partial charge in [-0.3, -0.25) is 10.1 Å². The Morgan fingerprint density at radius 1 is 1.30 bits per heavy atom. The molecule has 0 amide bonds. The number of rotatable bonds is 4. The third-order valence-electron chi connectivity index (χ3n) is 3.47. The molecule has 1 aromatic carbocycles. The molecule has 0 radical (unpaired) electrons.